The van der Waals surface area contributed by atoms with Crippen molar-refractivity contribution in [3.8, 4) is 11.3 Å². The van der Waals surface area contributed by atoms with Crippen LogP contribution in [-0.2, 0) is 11.3 Å². The van der Waals surface area contributed by atoms with E-state index in [0.717, 1.165) is 37.1 Å². The monoisotopic (exact) mass is 336 g/mol. The molecule has 130 valence electrons. The first-order chi connectivity index (χ1) is 12.3. The van der Waals surface area contributed by atoms with Crippen molar-refractivity contribution in [2.24, 2.45) is 5.92 Å². The van der Waals surface area contributed by atoms with E-state index in [9.17, 15) is 4.79 Å². The average molecular weight is 336 g/mol. The molecule has 1 atom stereocenters. The Kier molecular flexibility index (Phi) is 4.63. The van der Waals surface area contributed by atoms with Crippen LogP contribution >= 0.6 is 0 Å². The van der Waals surface area contributed by atoms with Gasteiger partial charge in [-0.1, -0.05) is 12.2 Å². The third-order valence-corrected chi connectivity index (χ3v) is 5.05. The third kappa shape index (κ3) is 3.81. The van der Waals surface area contributed by atoms with E-state index in [-0.39, 0.29) is 11.8 Å². The predicted molar refractivity (Wildman–Crippen MR) is 96.9 cm³/mol. The molecule has 4 rings (SSSR count). The molecule has 5 nitrogen and oxygen atoms in total. The predicted octanol–water partition coefficient (Wildman–Crippen LogP) is 3.30. The number of aromatic nitrogens is 3. The van der Waals surface area contributed by atoms with Crippen LogP contribution in [0.2, 0.25) is 0 Å². The van der Waals surface area contributed by atoms with Crippen LogP contribution in [0.3, 0.4) is 0 Å². The number of hydrogen-bond acceptors (Lipinski definition) is 3. The number of allylic oxidation sites excluding steroid dienone is 2. The molecule has 0 aromatic carbocycles. The molecule has 2 aromatic heterocycles. The number of nitrogens with zero attached hydrogens (tertiary/aromatic N) is 3. The summed E-state index contributed by atoms with van der Waals surface area (Å²) in [6.07, 6.45) is 13.2. The minimum Gasteiger partial charge on any atom is -0.354 e. The van der Waals surface area contributed by atoms with Gasteiger partial charge in [-0.25, -0.2) is 0 Å². The Labute approximate surface area is 148 Å². The quantitative estimate of drug-likeness (QED) is 0.824. The maximum absolute atomic E-state index is 12.3. The smallest absolute Gasteiger partial charge is 0.223 e. The van der Waals surface area contributed by atoms with E-state index in [1.165, 1.54) is 18.5 Å². The second-order valence-corrected chi connectivity index (χ2v) is 6.96. The van der Waals surface area contributed by atoms with Crippen molar-refractivity contribution >= 4 is 5.91 Å². The minimum absolute atomic E-state index is 0.137. The van der Waals surface area contributed by atoms with Gasteiger partial charge >= 0.3 is 0 Å². The van der Waals surface area contributed by atoms with Gasteiger partial charge in [0.2, 0.25) is 5.91 Å². The highest BCUT2D eigenvalue weighted by Crippen LogP contribution is 2.41. The molecule has 5 heteroatoms. The SMILES string of the molecule is O=C(NCCn1nc(-c2ccncc2)cc1C1CC1)[C@H]1CC=CCC1. The molecule has 1 saturated carbocycles. The van der Waals surface area contributed by atoms with Gasteiger partial charge in [-0.3, -0.25) is 14.5 Å². The lowest BCUT2D eigenvalue weighted by atomic mass is 9.94. The van der Waals surface area contributed by atoms with Crippen LogP contribution < -0.4 is 5.32 Å². The van der Waals surface area contributed by atoms with Crippen LogP contribution in [0.25, 0.3) is 11.3 Å². The number of amides is 1. The van der Waals surface area contributed by atoms with E-state index in [1.54, 1.807) is 12.4 Å². The summed E-state index contributed by atoms with van der Waals surface area (Å²) < 4.78 is 2.08. The zero-order valence-electron chi connectivity index (χ0n) is 14.4. The fourth-order valence-electron chi connectivity index (χ4n) is 3.44. The summed E-state index contributed by atoms with van der Waals surface area (Å²) in [6, 6.07) is 6.17. The van der Waals surface area contributed by atoms with Crippen LogP contribution in [0.5, 0.6) is 0 Å². The normalized spacial score (nSPS) is 19.8. The summed E-state index contributed by atoms with van der Waals surface area (Å²) in [5, 5.41) is 7.87. The number of hydrogen-bond donors (Lipinski definition) is 1. The molecule has 0 spiro atoms. The lowest BCUT2D eigenvalue weighted by molar-refractivity contribution is -0.125. The van der Waals surface area contributed by atoms with Gasteiger partial charge in [-0.05, 0) is 50.3 Å². The van der Waals surface area contributed by atoms with Crippen molar-refractivity contribution in [2.45, 2.75) is 44.6 Å². The molecule has 2 aliphatic carbocycles. The first-order valence-corrected chi connectivity index (χ1v) is 9.22. The molecule has 1 amide bonds. The second kappa shape index (κ2) is 7.21. The highest BCUT2D eigenvalue weighted by Gasteiger charge is 2.28. The van der Waals surface area contributed by atoms with E-state index in [0.29, 0.717) is 12.5 Å². The van der Waals surface area contributed by atoms with Gasteiger partial charge in [0.25, 0.3) is 0 Å². The largest absolute Gasteiger partial charge is 0.354 e. The molecule has 0 unspecified atom stereocenters. The Balaban J connectivity index is 1.40. The van der Waals surface area contributed by atoms with Gasteiger partial charge in [0, 0.05) is 42.0 Å². The highest BCUT2D eigenvalue weighted by atomic mass is 16.1. The first kappa shape index (κ1) is 16.1. The zero-order valence-corrected chi connectivity index (χ0v) is 14.4. The Bertz CT molecular complexity index is 761. The molecular weight excluding hydrogens is 312 g/mol. The van der Waals surface area contributed by atoms with Crippen LogP contribution in [0.15, 0.2) is 42.7 Å². The molecule has 1 fully saturated rings. The Morgan fingerprint density at radius 3 is 2.76 bits per heavy atom. The van der Waals surface area contributed by atoms with Crippen LogP contribution in [0, 0.1) is 5.92 Å². The molecule has 25 heavy (non-hydrogen) atoms. The van der Waals surface area contributed by atoms with Gasteiger partial charge in [0.05, 0.1) is 12.2 Å². The van der Waals surface area contributed by atoms with E-state index in [1.807, 2.05) is 12.1 Å². The fourth-order valence-corrected chi connectivity index (χ4v) is 3.44. The van der Waals surface area contributed by atoms with Crippen LogP contribution in [-0.4, -0.2) is 27.2 Å². The lowest BCUT2D eigenvalue weighted by Crippen LogP contribution is -2.33. The zero-order chi connectivity index (χ0) is 17.1. The van der Waals surface area contributed by atoms with Crippen molar-refractivity contribution in [1.82, 2.24) is 20.1 Å². The molecule has 0 radical (unpaired) electrons. The van der Waals surface area contributed by atoms with Crippen molar-refractivity contribution in [3.05, 3.63) is 48.4 Å². The van der Waals surface area contributed by atoms with Gasteiger partial charge < -0.3 is 5.32 Å². The third-order valence-electron chi connectivity index (χ3n) is 5.05. The second-order valence-electron chi connectivity index (χ2n) is 6.96. The summed E-state index contributed by atoms with van der Waals surface area (Å²) >= 11 is 0. The number of rotatable bonds is 6. The molecular formula is C20H24N4O. The number of carbonyl (C=O) groups is 1. The number of nitrogens with one attached hydrogen (secondary N) is 1. The molecule has 2 heterocycles. The standard InChI is InChI=1S/C20H24N4O/c25-20(17-4-2-1-3-5-17)22-12-13-24-19(16-6-7-16)14-18(23-24)15-8-10-21-11-9-15/h1-2,8-11,14,16-17H,3-7,12-13H2,(H,22,25)/t17-/m0/s1. The van der Waals surface area contributed by atoms with E-state index in [2.05, 4.69) is 33.2 Å². The Hall–Kier alpha value is -2.43. The number of pyridine rings is 1. The Morgan fingerprint density at radius 1 is 1.20 bits per heavy atom. The lowest BCUT2D eigenvalue weighted by Gasteiger charge is -2.17. The average Bonchev–Trinajstić information content (AvgIpc) is 3.43. The van der Waals surface area contributed by atoms with Crippen LogP contribution in [0.4, 0.5) is 0 Å². The molecule has 0 aliphatic heterocycles. The summed E-state index contributed by atoms with van der Waals surface area (Å²) in [6.45, 7) is 1.36. The molecule has 2 aromatic rings. The highest BCUT2D eigenvalue weighted by molar-refractivity contribution is 5.78. The molecule has 0 bridgehead atoms. The topological polar surface area (TPSA) is 59.8 Å². The fraction of sp³-hybridized carbons (Fsp3) is 0.450. The summed E-state index contributed by atoms with van der Waals surface area (Å²) in [5.74, 6) is 0.944. The summed E-state index contributed by atoms with van der Waals surface area (Å²) in [7, 11) is 0. The summed E-state index contributed by atoms with van der Waals surface area (Å²) in [5.41, 5.74) is 3.38. The van der Waals surface area contributed by atoms with Crippen LogP contribution in [0.1, 0.15) is 43.7 Å². The molecule has 0 saturated heterocycles. The van der Waals surface area contributed by atoms with Gasteiger partial charge in [-0.2, -0.15) is 5.10 Å². The van der Waals surface area contributed by atoms with Crippen molar-refractivity contribution in [3.63, 3.8) is 0 Å². The number of carbonyl (C=O) groups excluding carboxylic acids is 1. The van der Waals surface area contributed by atoms with Gasteiger partial charge in [0.1, 0.15) is 0 Å². The van der Waals surface area contributed by atoms with Crippen molar-refractivity contribution in [1.29, 1.82) is 0 Å². The molecule has 1 N–H and O–H groups in total. The summed E-state index contributed by atoms with van der Waals surface area (Å²) in [4.78, 5) is 16.3. The Morgan fingerprint density at radius 2 is 2.04 bits per heavy atom. The van der Waals surface area contributed by atoms with E-state index >= 15 is 0 Å². The van der Waals surface area contributed by atoms with Crippen molar-refractivity contribution in [2.75, 3.05) is 6.54 Å². The maximum Gasteiger partial charge on any atom is 0.223 e. The van der Waals surface area contributed by atoms with Gasteiger partial charge in [0.15, 0.2) is 0 Å². The maximum atomic E-state index is 12.3. The first-order valence-electron chi connectivity index (χ1n) is 9.22. The van der Waals surface area contributed by atoms with E-state index < -0.39 is 0 Å². The minimum atomic E-state index is 0.137. The van der Waals surface area contributed by atoms with E-state index in [4.69, 9.17) is 5.10 Å². The van der Waals surface area contributed by atoms with Gasteiger partial charge in [-0.15, -0.1) is 0 Å². The molecule has 2 aliphatic rings. The van der Waals surface area contributed by atoms with Crippen molar-refractivity contribution < 1.29 is 4.79 Å².